The molecule has 72 valence electrons. The summed E-state index contributed by atoms with van der Waals surface area (Å²) in [6.45, 7) is 0.396. The number of hydrogen-bond acceptors (Lipinski definition) is 4. The van der Waals surface area contributed by atoms with Crippen LogP contribution in [-0.4, -0.2) is 29.6 Å². The van der Waals surface area contributed by atoms with Crippen molar-refractivity contribution >= 4 is 18.4 Å². The lowest BCUT2D eigenvalue weighted by Gasteiger charge is -2.16. The van der Waals surface area contributed by atoms with Crippen LogP contribution in [0.2, 0.25) is 0 Å². The first kappa shape index (κ1) is 9.24. The lowest BCUT2D eigenvalue weighted by Crippen LogP contribution is -2.31. The molecule has 1 heterocycles. The highest BCUT2D eigenvalue weighted by atomic mass is 16.5. The van der Waals surface area contributed by atoms with Gasteiger partial charge in [0.25, 0.3) is 0 Å². The number of ketones is 1. The number of ether oxygens (including phenoxy) is 1. The molecule has 1 aromatic carbocycles. The minimum absolute atomic E-state index is 0.0197. The number of Topliss-reactive ketones (excluding diaryl/α,β-unsaturated/α-hetero) is 1. The van der Waals surface area contributed by atoms with Crippen LogP contribution in [0.5, 0.6) is 5.75 Å². The summed E-state index contributed by atoms with van der Waals surface area (Å²) >= 11 is 0. The molecule has 0 radical (unpaired) electrons. The smallest absolute Gasteiger partial charge is 0.488 e. The number of benzene rings is 1. The lowest BCUT2D eigenvalue weighted by atomic mass is 9.79. The van der Waals surface area contributed by atoms with E-state index in [1.54, 1.807) is 6.07 Å². The van der Waals surface area contributed by atoms with Gasteiger partial charge in [-0.05, 0) is 17.6 Å². The normalized spacial score (nSPS) is 14.6. The Labute approximate surface area is 81.3 Å². The molecule has 1 aliphatic rings. The molecular formula is C9H9BO4. The van der Waals surface area contributed by atoms with Crippen molar-refractivity contribution in [2.45, 2.75) is 6.42 Å². The van der Waals surface area contributed by atoms with Gasteiger partial charge in [-0.25, -0.2) is 0 Å². The summed E-state index contributed by atoms with van der Waals surface area (Å²) in [4.78, 5) is 11.4. The molecule has 2 N–H and O–H groups in total. The van der Waals surface area contributed by atoms with E-state index in [1.807, 2.05) is 0 Å². The van der Waals surface area contributed by atoms with E-state index in [-0.39, 0.29) is 5.78 Å². The van der Waals surface area contributed by atoms with Crippen LogP contribution >= 0.6 is 0 Å². The highest BCUT2D eigenvalue weighted by molar-refractivity contribution is 6.58. The molecular weight excluding hydrogens is 183 g/mol. The van der Waals surface area contributed by atoms with Crippen LogP contribution in [-0.2, 0) is 0 Å². The molecule has 1 aromatic rings. The third-order valence-corrected chi connectivity index (χ3v) is 2.19. The average molecular weight is 192 g/mol. The van der Waals surface area contributed by atoms with Gasteiger partial charge in [0.15, 0.2) is 5.78 Å². The second-order valence-electron chi connectivity index (χ2n) is 3.15. The molecule has 0 aromatic heterocycles. The standard InChI is InChI=1S/C9H9BO4/c11-8-3-4-14-9-2-1-6(10(12)13)5-7(8)9/h1-2,5,12-13H,3-4H2. The quantitative estimate of drug-likeness (QED) is 0.579. The molecule has 0 saturated heterocycles. The van der Waals surface area contributed by atoms with Gasteiger partial charge in [0.1, 0.15) is 5.75 Å². The van der Waals surface area contributed by atoms with E-state index in [0.717, 1.165) is 0 Å². The van der Waals surface area contributed by atoms with Crippen LogP contribution in [0.1, 0.15) is 16.8 Å². The van der Waals surface area contributed by atoms with E-state index in [4.69, 9.17) is 14.8 Å². The second kappa shape index (κ2) is 3.44. The predicted molar refractivity (Wildman–Crippen MR) is 50.7 cm³/mol. The Morgan fingerprint density at radius 1 is 1.36 bits per heavy atom. The fourth-order valence-corrected chi connectivity index (χ4v) is 1.44. The Balaban J connectivity index is 2.46. The fourth-order valence-electron chi connectivity index (χ4n) is 1.44. The fraction of sp³-hybridized carbons (Fsp3) is 0.222. The van der Waals surface area contributed by atoms with Crippen LogP contribution in [0.25, 0.3) is 0 Å². The van der Waals surface area contributed by atoms with E-state index in [1.165, 1.54) is 12.1 Å². The first-order chi connectivity index (χ1) is 6.68. The Morgan fingerprint density at radius 2 is 2.14 bits per heavy atom. The molecule has 4 nitrogen and oxygen atoms in total. The Kier molecular flexibility index (Phi) is 2.27. The van der Waals surface area contributed by atoms with Crippen LogP contribution in [0.15, 0.2) is 18.2 Å². The zero-order valence-corrected chi connectivity index (χ0v) is 7.43. The van der Waals surface area contributed by atoms with Gasteiger partial charge in [-0.3, -0.25) is 4.79 Å². The number of carbonyl (C=O) groups is 1. The van der Waals surface area contributed by atoms with Crippen molar-refractivity contribution in [1.82, 2.24) is 0 Å². The molecule has 0 bridgehead atoms. The van der Waals surface area contributed by atoms with E-state index in [2.05, 4.69) is 0 Å². The summed E-state index contributed by atoms with van der Waals surface area (Å²) in [5.41, 5.74) is 0.740. The van der Waals surface area contributed by atoms with Crippen molar-refractivity contribution in [2.75, 3.05) is 6.61 Å². The van der Waals surface area contributed by atoms with Crippen molar-refractivity contribution in [3.05, 3.63) is 23.8 Å². The van der Waals surface area contributed by atoms with Crippen molar-refractivity contribution in [1.29, 1.82) is 0 Å². The van der Waals surface area contributed by atoms with Gasteiger partial charge in [0.05, 0.1) is 12.2 Å². The molecule has 0 fully saturated rings. The molecule has 5 heteroatoms. The Bertz CT molecular complexity index is 375. The summed E-state index contributed by atoms with van der Waals surface area (Å²) in [5, 5.41) is 17.8. The average Bonchev–Trinajstić information content (AvgIpc) is 2.18. The van der Waals surface area contributed by atoms with Gasteiger partial charge in [-0.1, -0.05) is 6.07 Å². The Hall–Kier alpha value is -1.33. The number of fused-ring (bicyclic) bond motifs is 1. The van der Waals surface area contributed by atoms with E-state index in [0.29, 0.717) is 29.8 Å². The summed E-state index contributed by atoms with van der Waals surface area (Å²) in [7, 11) is -1.55. The van der Waals surface area contributed by atoms with Crippen LogP contribution < -0.4 is 10.2 Å². The van der Waals surface area contributed by atoms with Gasteiger partial charge < -0.3 is 14.8 Å². The molecule has 0 atom stereocenters. The SMILES string of the molecule is O=C1CCOc2ccc(B(O)O)cc21. The first-order valence-electron chi connectivity index (χ1n) is 4.34. The Morgan fingerprint density at radius 3 is 2.86 bits per heavy atom. The third-order valence-electron chi connectivity index (χ3n) is 2.19. The van der Waals surface area contributed by atoms with Crippen molar-refractivity contribution in [3.8, 4) is 5.75 Å². The maximum Gasteiger partial charge on any atom is 0.488 e. The molecule has 14 heavy (non-hydrogen) atoms. The monoisotopic (exact) mass is 192 g/mol. The number of carbonyl (C=O) groups excluding carboxylic acids is 1. The van der Waals surface area contributed by atoms with Crippen LogP contribution in [0.3, 0.4) is 0 Å². The minimum Gasteiger partial charge on any atom is -0.492 e. The van der Waals surface area contributed by atoms with E-state index in [9.17, 15) is 4.79 Å². The zero-order valence-electron chi connectivity index (χ0n) is 7.43. The zero-order chi connectivity index (χ0) is 10.1. The lowest BCUT2D eigenvalue weighted by molar-refractivity contribution is 0.0933. The molecule has 0 unspecified atom stereocenters. The maximum atomic E-state index is 11.4. The topological polar surface area (TPSA) is 66.8 Å². The van der Waals surface area contributed by atoms with Crippen LogP contribution in [0.4, 0.5) is 0 Å². The number of hydrogen-bond donors (Lipinski definition) is 2. The van der Waals surface area contributed by atoms with Gasteiger partial charge in [-0.2, -0.15) is 0 Å². The highest BCUT2D eigenvalue weighted by Gasteiger charge is 2.21. The number of rotatable bonds is 1. The summed E-state index contributed by atoms with van der Waals surface area (Å²) in [6, 6.07) is 4.57. The molecule has 1 aliphatic heterocycles. The van der Waals surface area contributed by atoms with Gasteiger partial charge in [-0.15, -0.1) is 0 Å². The molecule has 0 spiro atoms. The summed E-state index contributed by atoms with van der Waals surface area (Å²) < 4.78 is 5.24. The molecule has 2 rings (SSSR count). The minimum atomic E-state index is -1.55. The summed E-state index contributed by atoms with van der Waals surface area (Å²) in [5.74, 6) is 0.499. The van der Waals surface area contributed by atoms with E-state index < -0.39 is 7.12 Å². The van der Waals surface area contributed by atoms with Crippen molar-refractivity contribution < 1.29 is 19.6 Å². The second-order valence-corrected chi connectivity index (χ2v) is 3.15. The highest BCUT2D eigenvalue weighted by Crippen LogP contribution is 2.22. The van der Waals surface area contributed by atoms with E-state index >= 15 is 0 Å². The maximum absolute atomic E-state index is 11.4. The third kappa shape index (κ3) is 1.52. The van der Waals surface area contributed by atoms with Gasteiger partial charge in [0, 0.05) is 6.42 Å². The van der Waals surface area contributed by atoms with Crippen LogP contribution in [0, 0.1) is 0 Å². The molecule has 0 saturated carbocycles. The van der Waals surface area contributed by atoms with Crippen molar-refractivity contribution in [3.63, 3.8) is 0 Å². The molecule has 0 amide bonds. The summed E-state index contributed by atoms with van der Waals surface area (Å²) in [6.07, 6.45) is 0.345. The largest absolute Gasteiger partial charge is 0.492 e. The van der Waals surface area contributed by atoms with Gasteiger partial charge >= 0.3 is 7.12 Å². The van der Waals surface area contributed by atoms with Gasteiger partial charge in [0.2, 0.25) is 0 Å². The van der Waals surface area contributed by atoms with Crippen molar-refractivity contribution in [2.24, 2.45) is 0 Å². The predicted octanol–water partition coefficient (Wildman–Crippen LogP) is -0.668. The molecule has 0 aliphatic carbocycles. The first-order valence-corrected chi connectivity index (χ1v) is 4.34.